The van der Waals surface area contributed by atoms with Crippen LogP contribution in [0.2, 0.25) is 0 Å². The van der Waals surface area contributed by atoms with Gasteiger partial charge in [-0.1, -0.05) is 37.7 Å². The van der Waals surface area contributed by atoms with Gasteiger partial charge in [0.1, 0.15) is 0 Å². The van der Waals surface area contributed by atoms with E-state index in [1.807, 2.05) is 0 Å². The molecule has 0 aromatic heterocycles. The van der Waals surface area contributed by atoms with E-state index in [4.69, 9.17) is 5.14 Å². The number of thioether (sulfide) groups is 1. The first-order valence-electron chi connectivity index (χ1n) is 12.4. The second-order valence-electron chi connectivity index (χ2n) is 10.2. The van der Waals surface area contributed by atoms with Crippen molar-refractivity contribution in [3.8, 4) is 6.07 Å². The number of nitrogens with two attached hydrogens (primary N) is 1. The number of allylic oxidation sites excluding steroid dienone is 1. The van der Waals surface area contributed by atoms with E-state index in [9.17, 15) is 27.3 Å². The molecule has 1 saturated carbocycles. The number of hydrogen-bond donors (Lipinski definition) is 2. The van der Waals surface area contributed by atoms with Crippen molar-refractivity contribution in [1.29, 1.82) is 5.26 Å². The van der Waals surface area contributed by atoms with Crippen molar-refractivity contribution in [2.45, 2.75) is 68.7 Å². The van der Waals surface area contributed by atoms with Crippen molar-refractivity contribution in [3.05, 3.63) is 51.4 Å². The number of nitriles is 1. The van der Waals surface area contributed by atoms with Gasteiger partial charge < -0.3 is 5.32 Å². The Balaban J connectivity index is 1.46. The maximum absolute atomic E-state index is 13.5. The van der Waals surface area contributed by atoms with Crippen molar-refractivity contribution in [2.75, 3.05) is 13.1 Å². The summed E-state index contributed by atoms with van der Waals surface area (Å²) in [5.41, 5.74) is 1.45. The zero-order chi connectivity index (χ0) is 27.0. The van der Waals surface area contributed by atoms with Crippen LogP contribution in [0.5, 0.6) is 0 Å². The molecule has 1 aromatic carbocycles. The Morgan fingerprint density at radius 2 is 1.89 bits per heavy atom. The summed E-state index contributed by atoms with van der Waals surface area (Å²) >= 11 is 1.47. The van der Waals surface area contributed by atoms with Crippen LogP contribution in [0.15, 0.2) is 50.7 Å². The van der Waals surface area contributed by atoms with Gasteiger partial charge in [0.05, 0.1) is 28.3 Å². The maximum atomic E-state index is 13.5. The topological polar surface area (TPSA) is 116 Å². The molecule has 3 aliphatic rings. The number of nitrogens with one attached hydrogen (secondary N) is 1. The number of nitrogens with zero attached hydrogens (tertiary/aromatic N) is 2. The summed E-state index contributed by atoms with van der Waals surface area (Å²) in [6, 6.07) is 8.16. The minimum absolute atomic E-state index is 0.0220. The predicted octanol–water partition coefficient (Wildman–Crippen LogP) is 4.28. The van der Waals surface area contributed by atoms with Crippen LogP contribution in [0.1, 0.15) is 51.5 Å². The fourth-order valence-corrected chi connectivity index (χ4v) is 7.37. The quantitative estimate of drug-likeness (QED) is 0.499. The van der Waals surface area contributed by atoms with Crippen molar-refractivity contribution in [3.63, 3.8) is 0 Å². The number of halogens is 2. The second-order valence-corrected chi connectivity index (χ2v) is 12.9. The average Bonchev–Trinajstić information content (AvgIpc) is 2.82. The van der Waals surface area contributed by atoms with Crippen molar-refractivity contribution in [1.82, 2.24) is 10.2 Å². The van der Waals surface area contributed by atoms with Crippen LogP contribution in [-0.4, -0.2) is 43.8 Å². The number of amides is 1. The molecule has 0 bridgehead atoms. The Morgan fingerprint density at radius 1 is 1.24 bits per heavy atom. The fraction of sp³-hybridized carbons (Fsp3) is 0.538. The molecule has 0 saturated heterocycles. The molecular weight excluding hydrogens is 518 g/mol. The first kappa shape index (κ1) is 27.8. The van der Waals surface area contributed by atoms with Gasteiger partial charge >= 0.3 is 0 Å². The lowest BCUT2D eigenvalue weighted by Crippen LogP contribution is -2.56. The van der Waals surface area contributed by atoms with Gasteiger partial charge in [0.2, 0.25) is 21.9 Å². The minimum Gasteiger partial charge on any atom is -0.320 e. The molecule has 2 heterocycles. The largest absolute Gasteiger partial charge is 0.320 e. The van der Waals surface area contributed by atoms with E-state index in [0.717, 1.165) is 23.3 Å². The summed E-state index contributed by atoms with van der Waals surface area (Å²) in [5, 5.41) is 18.5. The van der Waals surface area contributed by atoms with Gasteiger partial charge in [-0.2, -0.15) is 5.26 Å². The highest BCUT2D eigenvalue weighted by atomic mass is 32.2. The molecule has 1 unspecified atom stereocenters. The Kier molecular flexibility index (Phi) is 7.87. The van der Waals surface area contributed by atoms with Gasteiger partial charge in [-0.15, -0.1) is 0 Å². The van der Waals surface area contributed by atoms with Gasteiger partial charge in [0.25, 0.3) is 0 Å². The normalized spacial score (nSPS) is 23.5. The number of primary sulfonamides is 1. The Morgan fingerprint density at radius 3 is 2.43 bits per heavy atom. The molecule has 2 aliphatic heterocycles. The SMILES string of the molecule is CCC1(CC)CC2=C(CN1CC1CC(F)(F)C1)C(C#N)C=C(NC(=O)Cc1ccc(S(N)(=O)=O)cc1)S2. The zero-order valence-electron chi connectivity index (χ0n) is 21.0. The number of sulfonamides is 1. The summed E-state index contributed by atoms with van der Waals surface area (Å²) in [5.74, 6) is -3.36. The van der Waals surface area contributed by atoms with E-state index in [0.29, 0.717) is 30.1 Å². The number of benzene rings is 1. The zero-order valence-corrected chi connectivity index (χ0v) is 22.6. The predicted molar refractivity (Wildman–Crippen MR) is 139 cm³/mol. The summed E-state index contributed by atoms with van der Waals surface area (Å²) in [6.45, 7) is 5.41. The number of carbonyl (C=O) groups is 1. The standard InChI is InChI=1S/C26H32F2N4O3S2/c1-3-25(4-2)13-22-21(16-32(25)15-18-11-26(27,28)12-18)19(14-29)10-24(36-22)31-23(33)9-17-5-7-20(8-6-17)37(30,34)35/h5-8,10,18-19H,3-4,9,11-13,15-16H2,1-2H3,(H,31,33)(H2,30,34,35). The molecule has 1 amide bonds. The maximum Gasteiger partial charge on any atom is 0.248 e. The van der Waals surface area contributed by atoms with Crippen LogP contribution in [0.25, 0.3) is 0 Å². The molecule has 0 radical (unpaired) electrons. The van der Waals surface area contributed by atoms with E-state index in [2.05, 4.69) is 30.1 Å². The van der Waals surface area contributed by atoms with Crippen LogP contribution in [-0.2, 0) is 21.2 Å². The van der Waals surface area contributed by atoms with E-state index < -0.39 is 21.9 Å². The van der Waals surface area contributed by atoms with Gasteiger partial charge in [-0.05, 0) is 59.4 Å². The second kappa shape index (κ2) is 10.5. The molecule has 4 rings (SSSR count). The molecular formula is C26H32F2N4O3S2. The summed E-state index contributed by atoms with van der Waals surface area (Å²) in [6.07, 6.45) is 4.09. The van der Waals surface area contributed by atoms with Crippen LogP contribution < -0.4 is 10.5 Å². The minimum atomic E-state index is -3.81. The lowest BCUT2D eigenvalue weighted by Gasteiger charge is -2.51. The van der Waals surface area contributed by atoms with Crippen molar-refractivity contribution >= 4 is 27.7 Å². The summed E-state index contributed by atoms with van der Waals surface area (Å²) in [7, 11) is -3.81. The van der Waals surface area contributed by atoms with Gasteiger partial charge in [0, 0.05) is 31.5 Å². The van der Waals surface area contributed by atoms with Gasteiger partial charge in [-0.25, -0.2) is 22.3 Å². The summed E-state index contributed by atoms with van der Waals surface area (Å²) < 4.78 is 49.8. The van der Waals surface area contributed by atoms with E-state index in [1.165, 1.54) is 23.9 Å². The highest BCUT2D eigenvalue weighted by Crippen LogP contribution is 2.50. The van der Waals surface area contributed by atoms with E-state index >= 15 is 0 Å². The lowest BCUT2D eigenvalue weighted by atomic mass is 9.76. The number of rotatable bonds is 8. The lowest BCUT2D eigenvalue weighted by molar-refractivity contribution is -0.123. The number of hydrogen-bond acceptors (Lipinski definition) is 6. The Bertz CT molecular complexity index is 1260. The van der Waals surface area contributed by atoms with Crippen LogP contribution in [0.4, 0.5) is 8.78 Å². The number of alkyl halides is 2. The molecule has 7 nitrogen and oxygen atoms in total. The third-order valence-corrected chi connectivity index (χ3v) is 9.83. The first-order chi connectivity index (χ1) is 17.4. The van der Waals surface area contributed by atoms with Gasteiger partial charge in [0.15, 0.2) is 0 Å². The summed E-state index contributed by atoms with van der Waals surface area (Å²) in [4.78, 5) is 16.1. The van der Waals surface area contributed by atoms with Gasteiger partial charge in [-0.3, -0.25) is 9.69 Å². The van der Waals surface area contributed by atoms with Crippen LogP contribution >= 0.6 is 11.8 Å². The first-order valence-corrected chi connectivity index (χ1v) is 14.8. The van der Waals surface area contributed by atoms with E-state index in [-0.39, 0.29) is 41.5 Å². The third kappa shape index (κ3) is 6.08. The molecule has 1 fully saturated rings. The van der Waals surface area contributed by atoms with Crippen molar-refractivity contribution in [2.24, 2.45) is 17.0 Å². The third-order valence-electron chi connectivity index (χ3n) is 7.79. The monoisotopic (exact) mass is 550 g/mol. The highest BCUT2D eigenvalue weighted by Gasteiger charge is 2.49. The molecule has 1 aliphatic carbocycles. The Labute approximate surface area is 221 Å². The van der Waals surface area contributed by atoms with Crippen molar-refractivity contribution < 1.29 is 22.0 Å². The van der Waals surface area contributed by atoms with E-state index in [1.54, 1.807) is 18.2 Å². The molecule has 1 aromatic rings. The smallest absolute Gasteiger partial charge is 0.248 e. The molecule has 0 spiro atoms. The van der Waals surface area contributed by atoms with Crippen LogP contribution in [0, 0.1) is 23.2 Å². The average molecular weight is 551 g/mol. The molecule has 11 heteroatoms. The molecule has 37 heavy (non-hydrogen) atoms. The molecule has 200 valence electrons. The molecule has 1 atom stereocenters. The Hall–Kier alpha value is -2.26. The highest BCUT2D eigenvalue weighted by molar-refractivity contribution is 8.06. The molecule has 3 N–H and O–H groups in total. The number of carbonyl (C=O) groups excluding carboxylic acids is 1. The fourth-order valence-electron chi connectivity index (χ4n) is 5.56. The van der Waals surface area contributed by atoms with Crippen LogP contribution in [0.3, 0.4) is 0 Å².